The van der Waals surface area contributed by atoms with Gasteiger partial charge in [0.05, 0.1) is 11.5 Å². The van der Waals surface area contributed by atoms with Crippen LogP contribution < -0.4 is 10.2 Å². The second-order valence-electron chi connectivity index (χ2n) is 7.59. The van der Waals surface area contributed by atoms with Crippen LogP contribution in [0, 0.1) is 5.92 Å². The lowest BCUT2D eigenvalue weighted by Crippen LogP contribution is -2.33. The van der Waals surface area contributed by atoms with Gasteiger partial charge in [-0.05, 0) is 42.2 Å². The van der Waals surface area contributed by atoms with Gasteiger partial charge in [-0.15, -0.1) is 0 Å². The summed E-state index contributed by atoms with van der Waals surface area (Å²) in [5.74, 6) is -1.57. The van der Waals surface area contributed by atoms with E-state index in [0.29, 0.717) is 23.7 Å². The predicted molar refractivity (Wildman–Crippen MR) is 122 cm³/mol. The first kappa shape index (κ1) is 26.2. The zero-order chi connectivity index (χ0) is 24.4. The molecule has 0 aromatic heterocycles. The number of amides is 1. The zero-order valence-electron chi connectivity index (χ0n) is 18.6. The van der Waals surface area contributed by atoms with Crippen LogP contribution in [0.15, 0.2) is 65.6 Å². The van der Waals surface area contributed by atoms with Gasteiger partial charge in [-0.25, -0.2) is 18.7 Å². The van der Waals surface area contributed by atoms with Gasteiger partial charge >= 0.3 is 5.97 Å². The standard InChI is InChI=1S/C23H28N2O7S/c1-16(2)15-31-17(3)32-24-21(26)13-12-18-8-7-11-20(14-18)33(29,30)25-22(23(27)28)19-9-5-4-6-10-19/h4-14,16-17,22,25H,15H2,1-3H3,(H,24,26)(H,27,28)/t17?,22-/m0/s1. The van der Waals surface area contributed by atoms with E-state index in [1.165, 1.54) is 42.5 Å². The number of ether oxygens (including phenoxy) is 1. The van der Waals surface area contributed by atoms with Crippen LogP contribution in [0.2, 0.25) is 0 Å². The van der Waals surface area contributed by atoms with E-state index >= 15 is 0 Å². The third-order valence-corrected chi connectivity index (χ3v) is 5.66. The van der Waals surface area contributed by atoms with Crippen LogP contribution in [0.1, 0.15) is 37.9 Å². The van der Waals surface area contributed by atoms with Crippen molar-refractivity contribution in [1.29, 1.82) is 0 Å². The van der Waals surface area contributed by atoms with Gasteiger partial charge in [0, 0.05) is 6.08 Å². The van der Waals surface area contributed by atoms with Gasteiger partial charge < -0.3 is 9.84 Å². The summed E-state index contributed by atoms with van der Waals surface area (Å²) in [6, 6.07) is 12.3. The second-order valence-corrected chi connectivity index (χ2v) is 9.30. The SMILES string of the molecule is CC(C)COC(C)ONC(=O)C=Cc1cccc(S(=O)(=O)N[C@H](C(=O)O)c2ccccc2)c1. The maximum absolute atomic E-state index is 12.8. The molecule has 1 unspecified atom stereocenters. The van der Waals surface area contributed by atoms with Crippen molar-refractivity contribution in [2.75, 3.05) is 6.61 Å². The van der Waals surface area contributed by atoms with Crippen LogP contribution in [-0.2, 0) is 29.2 Å². The number of hydroxylamine groups is 1. The number of carboxylic acids is 1. The lowest BCUT2D eigenvalue weighted by molar-refractivity contribution is -0.180. The summed E-state index contributed by atoms with van der Waals surface area (Å²) in [5, 5.41) is 9.48. The van der Waals surface area contributed by atoms with Crippen molar-refractivity contribution in [2.45, 2.75) is 38.0 Å². The van der Waals surface area contributed by atoms with E-state index in [1.807, 2.05) is 13.8 Å². The van der Waals surface area contributed by atoms with Crippen LogP contribution >= 0.6 is 0 Å². The molecule has 0 aliphatic heterocycles. The molecular weight excluding hydrogens is 448 g/mol. The zero-order valence-corrected chi connectivity index (χ0v) is 19.4. The Morgan fingerprint density at radius 3 is 2.39 bits per heavy atom. The third kappa shape index (κ3) is 8.78. The van der Waals surface area contributed by atoms with E-state index in [1.54, 1.807) is 31.2 Å². The Bertz CT molecular complexity index is 1070. The maximum Gasteiger partial charge on any atom is 0.326 e. The van der Waals surface area contributed by atoms with Crippen LogP contribution in [0.5, 0.6) is 0 Å². The van der Waals surface area contributed by atoms with Crippen molar-refractivity contribution in [1.82, 2.24) is 10.2 Å². The smallest absolute Gasteiger partial charge is 0.326 e. The maximum atomic E-state index is 12.8. The lowest BCUT2D eigenvalue weighted by Gasteiger charge is -2.15. The molecule has 0 bridgehead atoms. The predicted octanol–water partition coefficient (Wildman–Crippen LogP) is 2.87. The fraction of sp³-hybridized carbons (Fsp3) is 0.304. The molecular formula is C23H28N2O7S. The average Bonchev–Trinajstić information content (AvgIpc) is 2.79. The van der Waals surface area contributed by atoms with E-state index in [-0.39, 0.29) is 4.90 Å². The number of rotatable bonds is 12. The molecule has 0 aliphatic carbocycles. The summed E-state index contributed by atoms with van der Waals surface area (Å²) in [6.07, 6.45) is 1.96. The number of carbonyl (C=O) groups excluding carboxylic acids is 1. The van der Waals surface area contributed by atoms with Gasteiger partial charge in [0.2, 0.25) is 10.0 Å². The van der Waals surface area contributed by atoms with Gasteiger partial charge in [0.25, 0.3) is 5.91 Å². The molecule has 2 atom stereocenters. The van der Waals surface area contributed by atoms with Crippen molar-refractivity contribution in [2.24, 2.45) is 5.92 Å². The van der Waals surface area contributed by atoms with Gasteiger partial charge in [-0.1, -0.05) is 56.3 Å². The number of nitrogens with one attached hydrogen (secondary N) is 2. The number of benzene rings is 2. The summed E-state index contributed by atoms with van der Waals surface area (Å²) in [6.45, 7) is 6.10. The van der Waals surface area contributed by atoms with Gasteiger partial charge in [-0.3, -0.25) is 9.59 Å². The largest absolute Gasteiger partial charge is 0.480 e. The van der Waals surface area contributed by atoms with Crippen LogP contribution in [0.25, 0.3) is 6.08 Å². The first-order valence-corrected chi connectivity index (χ1v) is 11.7. The van der Waals surface area contributed by atoms with Crippen LogP contribution in [-0.4, -0.2) is 38.3 Å². The normalized spacial score (nSPS) is 13.7. The lowest BCUT2D eigenvalue weighted by atomic mass is 10.1. The summed E-state index contributed by atoms with van der Waals surface area (Å²) < 4.78 is 33.2. The number of carbonyl (C=O) groups is 2. The number of sulfonamides is 1. The molecule has 0 saturated heterocycles. The molecule has 10 heteroatoms. The molecule has 9 nitrogen and oxygen atoms in total. The molecule has 0 saturated carbocycles. The molecule has 0 fully saturated rings. The van der Waals surface area contributed by atoms with Crippen molar-refractivity contribution >= 4 is 28.0 Å². The molecule has 0 radical (unpaired) electrons. The minimum Gasteiger partial charge on any atom is -0.480 e. The molecule has 0 heterocycles. The highest BCUT2D eigenvalue weighted by Gasteiger charge is 2.26. The summed E-state index contributed by atoms with van der Waals surface area (Å²) in [7, 11) is -4.16. The Balaban J connectivity index is 2.05. The van der Waals surface area contributed by atoms with Crippen molar-refractivity contribution in [3.05, 3.63) is 71.8 Å². The molecule has 0 aliphatic rings. The highest BCUT2D eigenvalue weighted by atomic mass is 32.2. The Labute approximate surface area is 193 Å². The van der Waals surface area contributed by atoms with E-state index in [4.69, 9.17) is 9.57 Å². The molecule has 2 aromatic carbocycles. The fourth-order valence-corrected chi connectivity index (χ4v) is 3.86. The Kier molecular flexibility index (Phi) is 9.74. The number of aliphatic carboxylic acids is 1. The van der Waals surface area contributed by atoms with Crippen molar-refractivity contribution in [3.8, 4) is 0 Å². The first-order chi connectivity index (χ1) is 15.6. The molecule has 2 aromatic rings. The second kappa shape index (κ2) is 12.3. The van der Waals surface area contributed by atoms with E-state index in [0.717, 1.165) is 0 Å². The quantitative estimate of drug-likeness (QED) is 0.244. The van der Waals surface area contributed by atoms with E-state index < -0.39 is 34.2 Å². The number of hydrogen-bond donors (Lipinski definition) is 3. The highest BCUT2D eigenvalue weighted by molar-refractivity contribution is 7.89. The highest BCUT2D eigenvalue weighted by Crippen LogP contribution is 2.19. The summed E-state index contributed by atoms with van der Waals surface area (Å²) >= 11 is 0. The minimum absolute atomic E-state index is 0.140. The Hall–Kier alpha value is -3.05. The Morgan fingerprint density at radius 2 is 1.76 bits per heavy atom. The van der Waals surface area contributed by atoms with Gasteiger partial charge in [0.1, 0.15) is 6.04 Å². The van der Waals surface area contributed by atoms with E-state index in [9.17, 15) is 23.1 Å². The summed E-state index contributed by atoms with van der Waals surface area (Å²) in [5.41, 5.74) is 2.95. The minimum atomic E-state index is -4.16. The third-order valence-electron chi connectivity index (χ3n) is 4.24. The molecule has 3 N–H and O–H groups in total. The summed E-state index contributed by atoms with van der Waals surface area (Å²) in [4.78, 5) is 28.5. The average molecular weight is 477 g/mol. The fourth-order valence-electron chi connectivity index (χ4n) is 2.62. The number of carboxylic acid groups (broad SMARTS) is 1. The van der Waals surface area contributed by atoms with Crippen molar-refractivity contribution < 1.29 is 32.7 Å². The molecule has 1 amide bonds. The molecule has 178 valence electrons. The molecule has 0 spiro atoms. The van der Waals surface area contributed by atoms with Gasteiger partial charge in [0.15, 0.2) is 6.29 Å². The van der Waals surface area contributed by atoms with Gasteiger partial charge in [-0.2, -0.15) is 4.72 Å². The Morgan fingerprint density at radius 1 is 1.06 bits per heavy atom. The number of hydrogen-bond acceptors (Lipinski definition) is 6. The topological polar surface area (TPSA) is 131 Å². The van der Waals surface area contributed by atoms with Crippen LogP contribution in [0.4, 0.5) is 0 Å². The van der Waals surface area contributed by atoms with Crippen molar-refractivity contribution in [3.63, 3.8) is 0 Å². The van der Waals surface area contributed by atoms with E-state index in [2.05, 4.69) is 10.2 Å². The monoisotopic (exact) mass is 476 g/mol. The first-order valence-electron chi connectivity index (χ1n) is 10.2. The van der Waals surface area contributed by atoms with Crippen LogP contribution in [0.3, 0.4) is 0 Å². The molecule has 33 heavy (non-hydrogen) atoms. The molecule has 2 rings (SSSR count).